The highest BCUT2D eigenvalue weighted by atomic mass is 16.3. The summed E-state index contributed by atoms with van der Waals surface area (Å²) >= 11 is 0. The van der Waals surface area contributed by atoms with Crippen LogP contribution in [-0.4, -0.2) is 19.5 Å². The first-order valence-electron chi connectivity index (χ1n) is 14.6. The van der Waals surface area contributed by atoms with Gasteiger partial charge in [-0.05, 0) is 30.3 Å². The number of furan rings is 1. The number of fused-ring (bicyclic) bond motifs is 6. The molecule has 0 unspecified atom stereocenters. The zero-order valence-corrected chi connectivity index (χ0v) is 23.6. The van der Waals surface area contributed by atoms with Crippen molar-refractivity contribution in [3.63, 3.8) is 0 Å². The van der Waals surface area contributed by atoms with Crippen LogP contribution in [0.15, 0.2) is 150 Å². The van der Waals surface area contributed by atoms with Gasteiger partial charge in [-0.3, -0.25) is 0 Å². The van der Waals surface area contributed by atoms with Crippen LogP contribution in [0, 0.1) is 0 Å². The monoisotopic (exact) mass is 564 g/mol. The van der Waals surface area contributed by atoms with Crippen LogP contribution < -0.4 is 0 Å². The molecule has 0 amide bonds. The Morgan fingerprint density at radius 3 is 1.73 bits per heavy atom. The molecule has 9 aromatic rings. The van der Waals surface area contributed by atoms with Gasteiger partial charge in [0.05, 0.1) is 16.6 Å². The Morgan fingerprint density at radius 1 is 0.432 bits per heavy atom. The largest absolute Gasteiger partial charge is 0.455 e. The highest BCUT2D eigenvalue weighted by molar-refractivity contribution is 6.18. The number of para-hydroxylation sites is 3. The lowest BCUT2D eigenvalue weighted by Gasteiger charge is -2.08. The zero-order valence-electron chi connectivity index (χ0n) is 23.6. The van der Waals surface area contributed by atoms with Gasteiger partial charge in [0.15, 0.2) is 17.5 Å². The van der Waals surface area contributed by atoms with Crippen molar-refractivity contribution in [2.75, 3.05) is 0 Å². The molecule has 0 aliphatic heterocycles. The van der Waals surface area contributed by atoms with Gasteiger partial charge >= 0.3 is 0 Å². The van der Waals surface area contributed by atoms with Crippen molar-refractivity contribution in [1.82, 2.24) is 19.5 Å². The number of benzene rings is 6. The minimum absolute atomic E-state index is 0.575. The van der Waals surface area contributed by atoms with Crippen LogP contribution in [-0.2, 0) is 0 Å². The second-order valence-corrected chi connectivity index (χ2v) is 10.9. The Balaban J connectivity index is 1.31. The molecule has 0 aliphatic rings. The van der Waals surface area contributed by atoms with Crippen LogP contribution in [0.3, 0.4) is 0 Å². The van der Waals surface area contributed by atoms with Crippen molar-refractivity contribution in [3.8, 4) is 39.9 Å². The molecule has 6 aromatic carbocycles. The fraction of sp³-hybridized carbons (Fsp3) is 0. The molecule has 5 heteroatoms. The molecular formula is C39H24N4O. The van der Waals surface area contributed by atoms with Crippen LogP contribution in [0.1, 0.15) is 0 Å². The predicted molar refractivity (Wildman–Crippen MR) is 178 cm³/mol. The minimum atomic E-state index is 0.575. The van der Waals surface area contributed by atoms with Gasteiger partial charge in [0.1, 0.15) is 11.2 Å². The highest BCUT2D eigenvalue weighted by Gasteiger charge is 2.20. The molecule has 3 aromatic heterocycles. The van der Waals surface area contributed by atoms with Gasteiger partial charge in [0, 0.05) is 44.4 Å². The van der Waals surface area contributed by atoms with E-state index in [2.05, 4.69) is 77.4 Å². The molecule has 0 spiro atoms. The van der Waals surface area contributed by atoms with Crippen molar-refractivity contribution < 1.29 is 4.42 Å². The van der Waals surface area contributed by atoms with Crippen LogP contribution in [0.2, 0.25) is 0 Å². The SMILES string of the molecule is c1ccc(-c2nc(-c3ccccc3)nc(-c3cccc4c3oc3cc5c(cc34)c3ccccc3n5-c3ccccc3)n2)cc1. The van der Waals surface area contributed by atoms with E-state index in [0.29, 0.717) is 17.5 Å². The van der Waals surface area contributed by atoms with Crippen molar-refractivity contribution in [1.29, 1.82) is 0 Å². The first-order chi connectivity index (χ1) is 21.8. The average Bonchev–Trinajstić information content (AvgIpc) is 3.63. The lowest BCUT2D eigenvalue weighted by molar-refractivity contribution is 0.670. The van der Waals surface area contributed by atoms with Gasteiger partial charge < -0.3 is 8.98 Å². The van der Waals surface area contributed by atoms with Crippen molar-refractivity contribution in [2.45, 2.75) is 0 Å². The molecule has 9 rings (SSSR count). The van der Waals surface area contributed by atoms with Gasteiger partial charge in [-0.15, -0.1) is 0 Å². The standard InChI is InChI=1S/C39H24N4O/c1-4-13-25(14-5-1)37-40-38(26-15-6-2-7-16-26)42-39(41-37)30-21-12-20-29-32-23-31-28-19-10-11-22-33(28)43(27-17-8-3-9-18-27)34(31)24-35(32)44-36(29)30/h1-24H. The topological polar surface area (TPSA) is 56.7 Å². The lowest BCUT2D eigenvalue weighted by Crippen LogP contribution is -2.00. The summed E-state index contributed by atoms with van der Waals surface area (Å²) in [5, 5.41) is 4.48. The van der Waals surface area contributed by atoms with Gasteiger partial charge in [-0.25, -0.2) is 15.0 Å². The fourth-order valence-corrected chi connectivity index (χ4v) is 6.22. The summed E-state index contributed by atoms with van der Waals surface area (Å²) in [4.78, 5) is 14.8. The van der Waals surface area contributed by atoms with Crippen LogP contribution in [0.4, 0.5) is 0 Å². The third-order valence-electron chi connectivity index (χ3n) is 8.25. The summed E-state index contributed by atoms with van der Waals surface area (Å²) in [7, 11) is 0. The van der Waals surface area contributed by atoms with E-state index in [0.717, 1.165) is 49.8 Å². The second-order valence-electron chi connectivity index (χ2n) is 10.9. The Labute approximate surface area is 252 Å². The van der Waals surface area contributed by atoms with Crippen molar-refractivity contribution in [2.24, 2.45) is 0 Å². The first-order valence-corrected chi connectivity index (χ1v) is 14.6. The van der Waals surface area contributed by atoms with E-state index >= 15 is 0 Å². The van der Waals surface area contributed by atoms with E-state index in [-0.39, 0.29) is 0 Å². The molecule has 0 atom stereocenters. The Bertz CT molecular complexity index is 2420. The van der Waals surface area contributed by atoms with Gasteiger partial charge in [0.2, 0.25) is 0 Å². The van der Waals surface area contributed by atoms with Crippen molar-refractivity contribution in [3.05, 3.63) is 146 Å². The fourth-order valence-electron chi connectivity index (χ4n) is 6.22. The minimum Gasteiger partial charge on any atom is -0.455 e. The number of hydrogen-bond acceptors (Lipinski definition) is 4. The third-order valence-corrected chi connectivity index (χ3v) is 8.25. The zero-order chi connectivity index (χ0) is 29.0. The molecule has 5 nitrogen and oxygen atoms in total. The summed E-state index contributed by atoms with van der Waals surface area (Å²) in [5.74, 6) is 1.82. The number of nitrogens with zero attached hydrogens (tertiary/aromatic N) is 4. The maximum Gasteiger partial charge on any atom is 0.167 e. The lowest BCUT2D eigenvalue weighted by atomic mass is 10.1. The molecule has 0 fully saturated rings. The van der Waals surface area contributed by atoms with E-state index in [1.807, 2.05) is 72.8 Å². The maximum absolute atomic E-state index is 6.71. The summed E-state index contributed by atoms with van der Waals surface area (Å²) in [6.07, 6.45) is 0. The van der Waals surface area contributed by atoms with Gasteiger partial charge in [-0.1, -0.05) is 109 Å². The predicted octanol–water partition coefficient (Wildman–Crippen LogP) is 9.87. The molecular weight excluding hydrogens is 540 g/mol. The normalized spacial score (nSPS) is 11.6. The number of hydrogen-bond donors (Lipinski definition) is 0. The Hall–Kier alpha value is -6.07. The second kappa shape index (κ2) is 9.75. The van der Waals surface area contributed by atoms with Crippen LogP contribution >= 0.6 is 0 Å². The summed E-state index contributed by atoms with van der Waals surface area (Å²) in [6, 6.07) is 49.7. The van der Waals surface area contributed by atoms with Crippen LogP contribution in [0.5, 0.6) is 0 Å². The first kappa shape index (κ1) is 24.5. The van der Waals surface area contributed by atoms with Crippen LogP contribution in [0.25, 0.3) is 83.6 Å². The van der Waals surface area contributed by atoms with E-state index < -0.39 is 0 Å². The van der Waals surface area contributed by atoms with E-state index in [9.17, 15) is 0 Å². The number of aromatic nitrogens is 4. The Morgan fingerprint density at radius 2 is 1.02 bits per heavy atom. The maximum atomic E-state index is 6.71. The molecule has 3 heterocycles. The Kier molecular flexibility index (Phi) is 5.43. The van der Waals surface area contributed by atoms with E-state index in [1.165, 1.54) is 16.3 Å². The molecule has 0 aliphatic carbocycles. The molecule has 206 valence electrons. The smallest absolute Gasteiger partial charge is 0.167 e. The molecule has 0 saturated carbocycles. The highest BCUT2D eigenvalue weighted by Crippen LogP contribution is 2.40. The molecule has 0 radical (unpaired) electrons. The van der Waals surface area contributed by atoms with Gasteiger partial charge in [0.25, 0.3) is 0 Å². The summed E-state index contributed by atoms with van der Waals surface area (Å²) in [5.41, 5.74) is 7.65. The molecule has 0 N–H and O–H groups in total. The average molecular weight is 565 g/mol. The molecule has 0 saturated heterocycles. The van der Waals surface area contributed by atoms with E-state index in [4.69, 9.17) is 19.4 Å². The molecule has 0 bridgehead atoms. The van der Waals surface area contributed by atoms with Gasteiger partial charge in [-0.2, -0.15) is 0 Å². The summed E-state index contributed by atoms with van der Waals surface area (Å²) < 4.78 is 9.02. The third kappa shape index (κ3) is 3.83. The van der Waals surface area contributed by atoms with E-state index in [1.54, 1.807) is 0 Å². The number of rotatable bonds is 4. The quantitative estimate of drug-likeness (QED) is 0.213. The molecule has 44 heavy (non-hydrogen) atoms. The van der Waals surface area contributed by atoms with Crippen molar-refractivity contribution >= 4 is 43.7 Å². The summed E-state index contributed by atoms with van der Waals surface area (Å²) in [6.45, 7) is 0.